The lowest BCUT2D eigenvalue weighted by Gasteiger charge is -2.41. The molecular formula is C34H45IN2O6. The molecule has 2 aliphatic rings. The van der Waals surface area contributed by atoms with E-state index >= 15 is 0 Å². The zero-order valence-electron chi connectivity index (χ0n) is 25.3. The number of aliphatic hydroxyl groups excluding tert-OH is 2. The molecule has 0 bridgehead atoms. The number of hydrogen-bond acceptors (Lipinski definition) is 6. The van der Waals surface area contributed by atoms with E-state index in [-0.39, 0.29) is 50.6 Å². The van der Waals surface area contributed by atoms with Crippen LogP contribution in [0.25, 0.3) is 0 Å². The molecule has 0 saturated heterocycles. The van der Waals surface area contributed by atoms with Crippen LogP contribution in [-0.2, 0) is 20.9 Å². The fourth-order valence-electron chi connectivity index (χ4n) is 6.20. The lowest BCUT2D eigenvalue weighted by Crippen LogP contribution is -2.55. The highest BCUT2D eigenvalue weighted by Gasteiger charge is 2.41. The highest BCUT2D eigenvalue weighted by molar-refractivity contribution is 14.1. The Labute approximate surface area is 269 Å². The van der Waals surface area contributed by atoms with E-state index in [2.05, 4.69) is 48.7 Å². The highest BCUT2D eigenvalue weighted by Crippen LogP contribution is 2.36. The SMILES string of the molecule is CC1CCC(C(C)C)C(OCC(=O)N(Cc2ccccc2)C2CC(C(=O)NCCO)=CC(Oc3ccccc3I)C2O)C1. The van der Waals surface area contributed by atoms with Gasteiger partial charge in [0.05, 0.1) is 22.3 Å². The average Bonchev–Trinajstić information content (AvgIpc) is 3.00. The van der Waals surface area contributed by atoms with E-state index in [1.54, 1.807) is 11.0 Å². The van der Waals surface area contributed by atoms with Crippen LogP contribution < -0.4 is 10.1 Å². The van der Waals surface area contributed by atoms with E-state index in [0.717, 1.165) is 22.0 Å². The van der Waals surface area contributed by atoms with Gasteiger partial charge in [-0.2, -0.15) is 0 Å². The normalized spacial score (nSPS) is 25.6. The Morgan fingerprint density at radius 1 is 1.09 bits per heavy atom. The number of ether oxygens (including phenoxy) is 2. The number of halogens is 1. The van der Waals surface area contributed by atoms with Gasteiger partial charge in [-0.15, -0.1) is 0 Å². The monoisotopic (exact) mass is 704 g/mol. The van der Waals surface area contributed by atoms with Gasteiger partial charge in [-0.1, -0.05) is 69.7 Å². The number of aliphatic hydroxyl groups is 2. The molecule has 2 aromatic carbocycles. The Bertz CT molecular complexity index is 1240. The number of carbonyl (C=O) groups excluding carboxylic acids is 2. The summed E-state index contributed by atoms with van der Waals surface area (Å²) >= 11 is 2.17. The molecule has 2 amide bonds. The van der Waals surface area contributed by atoms with Crippen LogP contribution in [0.2, 0.25) is 0 Å². The van der Waals surface area contributed by atoms with Crippen molar-refractivity contribution in [1.29, 1.82) is 0 Å². The van der Waals surface area contributed by atoms with Gasteiger partial charge in [0.25, 0.3) is 0 Å². The van der Waals surface area contributed by atoms with Crippen molar-refractivity contribution in [2.24, 2.45) is 17.8 Å². The molecule has 234 valence electrons. The third kappa shape index (κ3) is 9.03. The zero-order valence-corrected chi connectivity index (χ0v) is 27.5. The van der Waals surface area contributed by atoms with E-state index in [4.69, 9.17) is 9.47 Å². The molecule has 0 aromatic heterocycles. The van der Waals surface area contributed by atoms with Crippen molar-refractivity contribution in [3.05, 3.63) is 75.4 Å². The molecule has 0 aliphatic heterocycles. The molecule has 2 aromatic rings. The van der Waals surface area contributed by atoms with Crippen molar-refractivity contribution in [2.75, 3.05) is 19.8 Å². The molecule has 6 atom stereocenters. The topological polar surface area (TPSA) is 108 Å². The van der Waals surface area contributed by atoms with E-state index in [1.165, 1.54) is 6.42 Å². The summed E-state index contributed by atoms with van der Waals surface area (Å²) in [5, 5.41) is 23.7. The van der Waals surface area contributed by atoms with Crippen LogP contribution in [-0.4, -0.2) is 71.0 Å². The summed E-state index contributed by atoms with van der Waals surface area (Å²) < 4.78 is 13.5. The second-order valence-corrected chi connectivity index (χ2v) is 13.3. The highest BCUT2D eigenvalue weighted by atomic mass is 127. The summed E-state index contributed by atoms with van der Waals surface area (Å²) in [5.41, 5.74) is 1.30. The van der Waals surface area contributed by atoms with Crippen molar-refractivity contribution < 1.29 is 29.3 Å². The van der Waals surface area contributed by atoms with Gasteiger partial charge in [0.15, 0.2) is 0 Å². The lowest BCUT2D eigenvalue weighted by molar-refractivity contribution is -0.149. The van der Waals surface area contributed by atoms with Gasteiger partial charge in [0.2, 0.25) is 11.8 Å². The van der Waals surface area contributed by atoms with Crippen molar-refractivity contribution in [3.8, 4) is 5.75 Å². The molecule has 9 heteroatoms. The Morgan fingerprint density at radius 2 is 1.81 bits per heavy atom. The quantitative estimate of drug-likeness (QED) is 0.277. The second-order valence-electron chi connectivity index (χ2n) is 12.1. The van der Waals surface area contributed by atoms with Crippen molar-refractivity contribution in [2.45, 2.75) is 77.4 Å². The molecule has 8 nitrogen and oxygen atoms in total. The van der Waals surface area contributed by atoms with Crippen LogP contribution in [0.1, 0.15) is 52.0 Å². The van der Waals surface area contributed by atoms with Crippen molar-refractivity contribution >= 4 is 34.4 Å². The number of benzene rings is 2. The zero-order chi connectivity index (χ0) is 30.9. The Hall–Kier alpha value is -2.47. The van der Waals surface area contributed by atoms with Crippen LogP contribution >= 0.6 is 22.6 Å². The third-order valence-corrected chi connectivity index (χ3v) is 9.50. The molecule has 1 fully saturated rings. The Kier molecular flexibility index (Phi) is 12.4. The van der Waals surface area contributed by atoms with Gasteiger partial charge in [0, 0.05) is 25.1 Å². The predicted molar refractivity (Wildman–Crippen MR) is 174 cm³/mol. The van der Waals surface area contributed by atoms with Crippen molar-refractivity contribution in [1.82, 2.24) is 10.2 Å². The summed E-state index contributed by atoms with van der Waals surface area (Å²) in [6.07, 6.45) is 2.97. The van der Waals surface area contributed by atoms with Gasteiger partial charge < -0.3 is 29.9 Å². The lowest BCUT2D eigenvalue weighted by atomic mass is 9.75. The molecule has 0 spiro atoms. The molecule has 2 aliphatic carbocycles. The number of rotatable bonds is 12. The molecule has 43 heavy (non-hydrogen) atoms. The predicted octanol–water partition coefficient (Wildman–Crippen LogP) is 4.71. The standard InChI is InChI=1S/C34H45IN2O6/c1-22(2)26-14-13-23(3)17-30(26)42-21-32(39)37(20-24-9-5-4-6-10-24)28-18-25(34(41)36-15-16-38)19-31(33(28)40)43-29-12-8-7-11-27(29)35/h4-12,19,22-23,26,28,30-31,33,38,40H,13-18,20-21H2,1-3H3,(H,36,41). The minimum absolute atomic E-state index is 0.00138. The number of carbonyl (C=O) groups is 2. The Morgan fingerprint density at radius 3 is 2.51 bits per heavy atom. The average molecular weight is 705 g/mol. The molecule has 0 heterocycles. The minimum Gasteiger partial charge on any atom is -0.482 e. The van der Waals surface area contributed by atoms with Crippen LogP contribution in [0, 0.1) is 21.3 Å². The summed E-state index contributed by atoms with van der Waals surface area (Å²) in [5.74, 6) is 1.37. The van der Waals surface area contributed by atoms with E-state index in [9.17, 15) is 19.8 Å². The maximum Gasteiger partial charge on any atom is 0.249 e. The number of nitrogens with zero attached hydrogens (tertiary/aromatic N) is 1. The summed E-state index contributed by atoms with van der Waals surface area (Å²) in [4.78, 5) is 28.8. The summed E-state index contributed by atoms with van der Waals surface area (Å²) in [6.45, 7) is 6.71. The summed E-state index contributed by atoms with van der Waals surface area (Å²) in [6, 6.07) is 16.4. The molecule has 3 N–H and O–H groups in total. The molecule has 1 saturated carbocycles. The number of amides is 2. The molecule has 0 radical (unpaired) electrons. The maximum absolute atomic E-state index is 14.1. The van der Waals surface area contributed by atoms with Gasteiger partial charge in [-0.3, -0.25) is 9.59 Å². The molecular weight excluding hydrogens is 659 g/mol. The molecule has 6 unspecified atom stereocenters. The number of nitrogens with one attached hydrogen (secondary N) is 1. The smallest absolute Gasteiger partial charge is 0.249 e. The van der Waals surface area contributed by atoms with E-state index < -0.39 is 18.2 Å². The largest absolute Gasteiger partial charge is 0.482 e. The first-order valence-corrected chi connectivity index (χ1v) is 16.4. The van der Waals surface area contributed by atoms with Gasteiger partial charge >= 0.3 is 0 Å². The Balaban J connectivity index is 1.62. The van der Waals surface area contributed by atoms with Crippen molar-refractivity contribution in [3.63, 3.8) is 0 Å². The van der Waals surface area contributed by atoms with E-state index in [1.807, 2.05) is 54.6 Å². The third-order valence-electron chi connectivity index (χ3n) is 8.61. The van der Waals surface area contributed by atoms with E-state index in [0.29, 0.717) is 29.1 Å². The number of para-hydroxylation sites is 1. The molecule has 4 rings (SSSR count). The minimum atomic E-state index is -1.10. The van der Waals surface area contributed by atoms with Crippen LogP contribution in [0.3, 0.4) is 0 Å². The van der Waals surface area contributed by atoms with Crippen LogP contribution in [0.4, 0.5) is 0 Å². The van der Waals surface area contributed by atoms with Crippen LogP contribution in [0.5, 0.6) is 5.75 Å². The fraction of sp³-hybridized carbons (Fsp3) is 0.529. The first kappa shape index (κ1) is 33.4. The first-order valence-electron chi connectivity index (χ1n) is 15.3. The van der Waals surface area contributed by atoms with Crippen LogP contribution in [0.15, 0.2) is 66.2 Å². The maximum atomic E-state index is 14.1. The van der Waals surface area contributed by atoms with Gasteiger partial charge in [0.1, 0.15) is 24.6 Å². The number of hydrogen-bond donors (Lipinski definition) is 3. The second kappa shape index (κ2) is 16.0. The van der Waals surface area contributed by atoms with Gasteiger partial charge in [-0.05, 0) is 77.0 Å². The fourth-order valence-corrected chi connectivity index (χ4v) is 6.72. The van der Waals surface area contributed by atoms with Gasteiger partial charge in [-0.25, -0.2) is 0 Å². The first-order chi connectivity index (χ1) is 20.7. The summed E-state index contributed by atoms with van der Waals surface area (Å²) in [7, 11) is 0.